The van der Waals surface area contributed by atoms with Gasteiger partial charge in [-0.15, -0.1) is 0 Å². The summed E-state index contributed by atoms with van der Waals surface area (Å²) in [6.07, 6.45) is 0.645. The Morgan fingerprint density at radius 2 is 2.10 bits per heavy atom. The highest BCUT2D eigenvalue weighted by molar-refractivity contribution is 6.30. The zero-order valence-corrected chi connectivity index (χ0v) is 11.8. The molecule has 0 saturated heterocycles. The van der Waals surface area contributed by atoms with Crippen LogP contribution in [0.1, 0.15) is 17.2 Å². The van der Waals surface area contributed by atoms with Crippen molar-refractivity contribution in [2.45, 2.75) is 12.5 Å². The van der Waals surface area contributed by atoms with Crippen LogP contribution in [0.15, 0.2) is 42.5 Å². The van der Waals surface area contributed by atoms with Crippen molar-refractivity contribution in [2.75, 3.05) is 7.11 Å². The van der Waals surface area contributed by atoms with E-state index in [0.29, 0.717) is 11.4 Å². The molecule has 0 heterocycles. The standard InChI is InChI=1S/C15H16ClFN2O/c1-20-15-9-11(5-6-13(15)17)14(19-18)8-10-3-2-4-12(16)7-10/h2-7,9,14,19H,8,18H2,1H3. The summed E-state index contributed by atoms with van der Waals surface area (Å²) < 4.78 is 18.4. The summed E-state index contributed by atoms with van der Waals surface area (Å²) in [5, 5.41) is 0.676. The van der Waals surface area contributed by atoms with Crippen LogP contribution in [0, 0.1) is 5.82 Å². The summed E-state index contributed by atoms with van der Waals surface area (Å²) in [5.41, 5.74) is 4.63. The first kappa shape index (κ1) is 14.8. The normalized spacial score (nSPS) is 12.2. The van der Waals surface area contributed by atoms with E-state index in [4.69, 9.17) is 22.2 Å². The molecule has 0 spiro atoms. The van der Waals surface area contributed by atoms with E-state index >= 15 is 0 Å². The summed E-state index contributed by atoms with van der Waals surface area (Å²) in [6.45, 7) is 0. The lowest BCUT2D eigenvalue weighted by Crippen LogP contribution is -2.29. The minimum atomic E-state index is -0.394. The molecule has 106 valence electrons. The molecule has 0 saturated carbocycles. The smallest absolute Gasteiger partial charge is 0.165 e. The first-order valence-corrected chi connectivity index (χ1v) is 6.56. The van der Waals surface area contributed by atoms with Crippen molar-refractivity contribution in [1.29, 1.82) is 0 Å². The zero-order valence-electron chi connectivity index (χ0n) is 11.1. The maximum Gasteiger partial charge on any atom is 0.165 e. The Labute approximate surface area is 122 Å². The summed E-state index contributed by atoms with van der Waals surface area (Å²) in [7, 11) is 1.43. The van der Waals surface area contributed by atoms with Crippen molar-refractivity contribution >= 4 is 11.6 Å². The second-order valence-corrected chi connectivity index (χ2v) is 4.88. The van der Waals surface area contributed by atoms with E-state index in [-0.39, 0.29) is 11.8 Å². The second-order valence-electron chi connectivity index (χ2n) is 4.45. The molecule has 0 bridgehead atoms. The van der Waals surface area contributed by atoms with Crippen LogP contribution in [0.25, 0.3) is 0 Å². The number of benzene rings is 2. The maximum atomic E-state index is 13.4. The van der Waals surface area contributed by atoms with Crippen LogP contribution in [0.5, 0.6) is 5.75 Å². The van der Waals surface area contributed by atoms with Gasteiger partial charge in [0.1, 0.15) is 0 Å². The first-order chi connectivity index (χ1) is 9.63. The van der Waals surface area contributed by atoms with Crippen LogP contribution in [0.2, 0.25) is 5.02 Å². The van der Waals surface area contributed by atoms with Crippen LogP contribution in [0.3, 0.4) is 0 Å². The topological polar surface area (TPSA) is 47.3 Å². The molecule has 20 heavy (non-hydrogen) atoms. The van der Waals surface area contributed by atoms with Gasteiger partial charge in [0.15, 0.2) is 11.6 Å². The lowest BCUT2D eigenvalue weighted by atomic mass is 9.99. The number of nitrogens with one attached hydrogen (secondary N) is 1. The number of hydrogen-bond acceptors (Lipinski definition) is 3. The molecule has 5 heteroatoms. The van der Waals surface area contributed by atoms with E-state index < -0.39 is 5.82 Å². The van der Waals surface area contributed by atoms with Crippen LogP contribution < -0.4 is 16.0 Å². The number of rotatable bonds is 5. The molecule has 3 nitrogen and oxygen atoms in total. The molecule has 2 aromatic carbocycles. The third-order valence-electron chi connectivity index (χ3n) is 3.11. The minimum absolute atomic E-state index is 0.150. The van der Waals surface area contributed by atoms with Crippen molar-refractivity contribution in [3.63, 3.8) is 0 Å². The predicted octanol–water partition coefficient (Wildman–Crippen LogP) is 3.23. The van der Waals surface area contributed by atoms with Crippen LogP contribution >= 0.6 is 11.6 Å². The van der Waals surface area contributed by atoms with Gasteiger partial charge in [0.25, 0.3) is 0 Å². The van der Waals surface area contributed by atoms with Gasteiger partial charge in [0, 0.05) is 5.02 Å². The fourth-order valence-electron chi connectivity index (χ4n) is 2.07. The van der Waals surface area contributed by atoms with E-state index in [1.54, 1.807) is 12.1 Å². The average Bonchev–Trinajstić information content (AvgIpc) is 2.45. The van der Waals surface area contributed by atoms with Gasteiger partial charge in [-0.1, -0.05) is 29.8 Å². The Morgan fingerprint density at radius 3 is 2.75 bits per heavy atom. The molecule has 0 aliphatic heterocycles. The SMILES string of the molecule is COc1cc(C(Cc2cccc(Cl)c2)NN)ccc1F. The van der Waals surface area contributed by atoms with E-state index in [0.717, 1.165) is 11.1 Å². The molecule has 3 N–H and O–H groups in total. The number of methoxy groups -OCH3 is 1. The summed E-state index contributed by atoms with van der Waals surface area (Å²) in [6, 6.07) is 12.1. The zero-order chi connectivity index (χ0) is 14.5. The van der Waals surface area contributed by atoms with Crippen molar-refractivity contribution in [3.05, 3.63) is 64.4 Å². The number of ether oxygens (including phenoxy) is 1. The van der Waals surface area contributed by atoms with Gasteiger partial charge in [-0.25, -0.2) is 4.39 Å². The van der Waals surface area contributed by atoms with Gasteiger partial charge in [-0.3, -0.25) is 11.3 Å². The number of halogens is 2. The Balaban J connectivity index is 2.24. The fraction of sp³-hybridized carbons (Fsp3) is 0.200. The number of nitrogens with two attached hydrogens (primary N) is 1. The van der Waals surface area contributed by atoms with Crippen molar-refractivity contribution < 1.29 is 9.13 Å². The highest BCUT2D eigenvalue weighted by atomic mass is 35.5. The Bertz CT molecular complexity index is 592. The van der Waals surface area contributed by atoms with Crippen LogP contribution in [-0.4, -0.2) is 7.11 Å². The van der Waals surface area contributed by atoms with Crippen LogP contribution in [0.4, 0.5) is 4.39 Å². The Kier molecular flexibility index (Phi) is 4.95. The lowest BCUT2D eigenvalue weighted by Gasteiger charge is -2.17. The second kappa shape index (κ2) is 6.70. The minimum Gasteiger partial charge on any atom is -0.494 e. The van der Waals surface area contributed by atoms with Gasteiger partial charge in [0.05, 0.1) is 13.2 Å². The summed E-state index contributed by atoms with van der Waals surface area (Å²) in [4.78, 5) is 0. The number of hydrazine groups is 1. The van der Waals surface area contributed by atoms with Crippen molar-refractivity contribution in [1.82, 2.24) is 5.43 Å². The molecule has 0 amide bonds. The summed E-state index contributed by atoms with van der Waals surface area (Å²) >= 11 is 5.96. The molecule has 0 aliphatic rings. The predicted molar refractivity (Wildman–Crippen MR) is 78.2 cm³/mol. The first-order valence-electron chi connectivity index (χ1n) is 6.18. The monoisotopic (exact) mass is 294 g/mol. The molecule has 1 atom stereocenters. The van der Waals surface area contributed by atoms with Crippen LogP contribution in [-0.2, 0) is 6.42 Å². The largest absolute Gasteiger partial charge is 0.494 e. The molecule has 2 aromatic rings. The van der Waals surface area contributed by atoms with E-state index in [2.05, 4.69) is 5.43 Å². The highest BCUT2D eigenvalue weighted by Crippen LogP contribution is 2.25. The molecule has 0 fully saturated rings. The molecule has 0 aromatic heterocycles. The van der Waals surface area contributed by atoms with Gasteiger partial charge < -0.3 is 4.74 Å². The third-order valence-corrected chi connectivity index (χ3v) is 3.34. The fourth-order valence-corrected chi connectivity index (χ4v) is 2.28. The lowest BCUT2D eigenvalue weighted by molar-refractivity contribution is 0.384. The molecule has 2 rings (SSSR count). The van der Waals surface area contributed by atoms with Gasteiger partial charge in [0.2, 0.25) is 0 Å². The Hall–Kier alpha value is -1.62. The van der Waals surface area contributed by atoms with Gasteiger partial charge >= 0.3 is 0 Å². The number of hydrogen-bond donors (Lipinski definition) is 2. The van der Waals surface area contributed by atoms with E-state index in [1.807, 2.05) is 24.3 Å². The average molecular weight is 295 g/mol. The van der Waals surface area contributed by atoms with Gasteiger partial charge in [-0.2, -0.15) is 0 Å². The molecular formula is C15H16ClFN2O. The molecule has 0 radical (unpaired) electrons. The highest BCUT2D eigenvalue weighted by Gasteiger charge is 2.13. The molecule has 0 aliphatic carbocycles. The Morgan fingerprint density at radius 1 is 1.30 bits per heavy atom. The third kappa shape index (κ3) is 3.48. The quantitative estimate of drug-likeness (QED) is 0.657. The van der Waals surface area contributed by atoms with Crippen molar-refractivity contribution in [3.8, 4) is 5.75 Å². The molecule has 1 unspecified atom stereocenters. The van der Waals surface area contributed by atoms with Crippen molar-refractivity contribution in [2.24, 2.45) is 5.84 Å². The summed E-state index contributed by atoms with van der Waals surface area (Å²) in [5.74, 6) is 5.41. The van der Waals surface area contributed by atoms with E-state index in [1.165, 1.54) is 13.2 Å². The maximum absolute atomic E-state index is 13.4. The van der Waals surface area contributed by atoms with E-state index in [9.17, 15) is 4.39 Å². The van der Waals surface area contributed by atoms with Gasteiger partial charge in [-0.05, 0) is 41.8 Å². The molecular weight excluding hydrogens is 279 g/mol.